The molecule has 0 saturated heterocycles. The molecule has 0 saturated carbocycles. The van der Waals surface area contributed by atoms with Gasteiger partial charge >= 0.3 is 0 Å². The maximum atomic E-state index is 10.6. The molecule has 0 amide bonds. The summed E-state index contributed by atoms with van der Waals surface area (Å²) in [4.78, 5) is 10.7. The van der Waals surface area contributed by atoms with E-state index >= 15 is 0 Å². The number of phenols is 1. The lowest BCUT2D eigenvalue weighted by Crippen LogP contribution is -2.26. The Balaban J connectivity index is 1.76. The van der Waals surface area contributed by atoms with Crippen LogP contribution in [0.3, 0.4) is 0 Å². The lowest BCUT2D eigenvalue weighted by Gasteiger charge is -2.21. The Bertz CT molecular complexity index is 983. The van der Waals surface area contributed by atoms with Gasteiger partial charge in [0.2, 0.25) is 0 Å². The average molecular weight is 362 g/mol. The average Bonchev–Trinajstić information content (AvgIpc) is 2.84. The maximum Gasteiger partial charge on any atom is 0.166 e. The van der Waals surface area contributed by atoms with Gasteiger partial charge in [0.05, 0.1) is 6.54 Å². The smallest absolute Gasteiger partial charge is 0.166 e. The standard InChI is InChI=1S/C21H22N4O2/c1-13-5-3-4-6-17(13)15-9-16-12-25(7-8-27-21(16)18(26)10-15)20-11-19(22)23-14(2)24-20/h3-6,9-11,26H,7-8,12H2,1-2H3,(H2,22,23,24). The molecule has 1 aliphatic heterocycles. The molecule has 0 unspecified atom stereocenters. The van der Waals surface area contributed by atoms with E-state index in [4.69, 9.17) is 10.5 Å². The first kappa shape index (κ1) is 17.1. The predicted octanol–water partition coefficient (Wildman–Crippen LogP) is 3.45. The van der Waals surface area contributed by atoms with Crippen LogP contribution in [0.4, 0.5) is 11.6 Å². The fraction of sp³-hybridized carbons (Fsp3) is 0.238. The van der Waals surface area contributed by atoms with E-state index < -0.39 is 0 Å². The minimum atomic E-state index is 0.158. The van der Waals surface area contributed by atoms with Crippen molar-refractivity contribution >= 4 is 11.6 Å². The van der Waals surface area contributed by atoms with Gasteiger partial charge in [0.25, 0.3) is 0 Å². The van der Waals surface area contributed by atoms with Crippen molar-refractivity contribution in [2.75, 3.05) is 23.8 Å². The molecule has 0 atom stereocenters. The van der Waals surface area contributed by atoms with Gasteiger partial charge in [-0.3, -0.25) is 0 Å². The molecule has 0 aliphatic carbocycles. The summed E-state index contributed by atoms with van der Waals surface area (Å²) in [5, 5.41) is 10.6. The molecule has 2 aromatic carbocycles. The molecule has 0 radical (unpaired) electrons. The first-order valence-corrected chi connectivity index (χ1v) is 8.92. The van der Waals surface area contributed by atoms with E-state index in [-0.39, 0.29) is 5.75 Å². The largest absolute Gasteiger partial charge is 0.504 e. The van der Waals surface area contributed by atoms with Crippen LogP contribution in [0, 0.1) is 13.8 Å². The van der Waals surface area contributed by atoms with Crippen LogP contribution in [0.1, 0.15) is 17.0 Å². The van der Waals surface area contributed by atoms with E-state index in [1.807, 2.05) is 19.1 Å². The van der Waals surface area contributed by atoms with Crippen LogP contribution in [0.25, 0.3) is 11.1 Å². The second-order valence-electron chi connectivity index (χ2n) is 6.77. The summed E-state index contributed by atoms with van der Waals surface area (Å²) in [5.41, 5.74) is 10.0. The Kier molecular flexibility index (Phi) is 4.32. The number of hydrogen-bond donors (Lipinski definition) is 2. The highest BCUT2D eigenvalue weighted by Gasteiger charge is 2.21. The van der Waals surface area contributed by atoms with Gasteiger partial charge in [-0.25, -0.2) is 9.97 Å². The molecular formula is C21H22N4O2. The van der Waals surface area contributed by atoms with E-state index in [1.54, 1.807) is 12.1 Å². The first-order valence-electron chi connectivity index (χ1n) is 8.92. The van der Waals surface area contributed by atoms with E-state index in [2.05, 4.69) is 40.0 Å². The maximum absolute atomic E-state index is 10.6. The van der Waals surface area contributed by atoms with Gasteiger partial charge in [0.1, 0.15) is 24.1 Å². The Morgan fingerprint density at radius 2 is 1.93 bits per heavy atom. The molecule has 4 rings (SSSR count). The Hall–Kier alpha value is -3.28. The zero-order valence-electron chi connectivity index (χ0n) is 15.4. The zero-order chi connectivity index (χ0) is 19.0. The van der Waals surface area contributed by atoms with E-state index in [9.17, 15) is 5.11 Å². The van der Waals surface area contributed by atoms with Crippen LogP contribution in [0.5, 0.6) is 11.5 Å². The molecular weight excluding hydrogens is 340 g/mol. The minimum Gasteiger partial charge on any atom is -0.504 e. The molecule has 0 spiro atoms. The van der Waals surface area contributed by atoms with E-state index in [0.717, 1.165) is 28.1 Å². The quantitative estimate of drug-likeness (QED) is 0.726. The van der Waals surface area contributed by atoms with Gasteiger partial charge in [-0.1, -0.05) is 24.3 Å². The predicted molar refractivity (Wildman–Crippen MR) is 106 cm³/mol. The van der Waals surface area contributed by atoms with Crippen molar-refractivity contribution in [3.63, 3.8) is 0 Å². The van der Waals surface area contributed by atoms with Gasteiger partial charge < -0.3 is 20.5 Å². The molecule has 6 heteroatoms. The van der Waals surface area contributed by atoms with Gasteiger partial charge in [-0.2, -0.15) is 0 Å². The van der Waals surface area contributed by atoms with Gasteiger partial charge in [-0.05, 0) is 42.7 Å². The summed E-state index contributed by atoms with van der Waals surface area (Å²) in [6.07, 6.45) is 0. The summed E-state index contributed by atoms with van der Waals surface area (Å²) >= 11 is 0. The van der Waals surface area contributed by atoms with Gasteiger partial charge in [0, 0.05) is 18.2 Å². The molecule has 3 aromatic rings. The Labute approximate surface area is 158 Å². The van der Waals surface area contributed by atoms with Crippen molar-refractivity contribution in [3.8, 4) is 22.6 Å². The molecule has 0 bridgehead atoms. The molecule has 3 N–H and O–H groups in total. The van der Waals surface area contributed by atoms with Crippen LogP contribution in [0.15, 0.2) is 42.5 Å². The monoisotopic (exact) mass is 362 g/mol. The lowest BCUT2D eigenvalue weighted by atomic mass is 9.98. The number of aryl methyl sites for hydroxylation is 2. The first-order chi connectivity index (χ1) is 13.0. The van der Waals surface area contributed by atoms with Crippen LogP contribution < -0.4 is 15.4 Å². The third kappa shape index (κ3) is 3.38. The van der Waals surface area contributed by atoms with Crippen molar-refractivity contribution in [3.05, 3.63) is 59.4 Å². The number of nitrogens with zero attached hydrogens (tertiary/aromatic N) is 3. The van der Waals surface area contributed by atoms with Crippen LogP contribution in [-0.4, -0.2) is 28.2 Å². The minimum absolute atomic E-state index is 0.158. The Morgan fingerprint density at radius 1 is 1.11 bits per heavy atom. The number of fused-ring (bicyclic) bond motifs is 1. The molecule has 1 aliphatic rings. The van der Waals surface area contributed by atoms with Crippen molar-refractivity contribution in [1.29, 1.82) is 0 Å². The van der Waals surface area contributed by atoms with Crippen molar-refractivity contribution in [2.45, 2.75) is 20.4 Å². The molecule has 6 nitrogen and oxygen atoms in total. The molecule has 2 heterocycles. The summed E-state index contributed by atoms with van der Waals surface area (Å²) in [5.74, 6) is 2.53. The third-order valence-corrected chi connectivity index (χ3v) is 4.74. The number of aromatic hydroxyl groups is 1. The van der Waals surface area contributed by atoms with Crippen LogP contribution >= 0.6 is 0 Å². The van der Waals surface area contributed by atoms with Crippen LogP contribution in [0.2, 0.25) is 0 Å². The van der Waals surface area contributed by atoms with E-state index in [1.165, 1.54) is 0 Å². The number of nitrogens with two attached hydrogens (primary N) is 1. The van der Waals surface area contributed by atoms with Gasteiger partial charge in [-0.15, -0.1) is 0 Å². The highest BCUT2D eigenvalue weighted by Crippen LogP contribution is 2.38. The Morgan fingerprint density at radius 3 is 2.70 bits per heavy atom. The summed E-state index contributed by atoms with van der Waals surface area (Å²) in [7, 11) is 0. The van der Waals surface area contributed by atoms with E-state index in [0.29, 0.717) is 37.1 Å². The number of anilines is 2. The highest BCUT2D eigenvalue weighted by molar-refractivity contribution is 5.72. The fourth-order valence-corrected chi connectivity index (χ4v) is 3.48. The molecule has 0 fully saturated rings. The van der Waals surface area contributed by atoms with Gasteiger partial charge in [0.15, 0.2) is 11.5 Å². The van der Waals surface area contributed by atoms with Crippen molar-refractivity contribution < 1.29 is 9.84 Å². The lowest BCUT2D eigenvalue weighted by molar-refractivity contribution is 0.311. The second kappa shape index (κ2) is 6.79. The zero-order valence-corrected chi connectivity index (χ0v) is 15.4. The number of hydrogen-bond acceptors (Lipinski definition) is 6. The SMILES string of the molecule is Cc1nc(N)cc(N2CCOc3c(O)cc(-c4ccccc4C)cc3C2)n1. The number of benzene rings is 2. The molecule has 27 heavy (non-hydrogen) atoms. The second-order valence-corrected chi connectivity index (χ2v) is 6.77. The number of rotatable bonds is 2. The van der Waals surface area contributed by atoms with Crippen molar-refractivity contribution in [2.24, 2.45) is 0 Å². The topological polar surface area (TPSA) is 84.5 Å². The summed E-state index contributed by atoms with van der Waals surface area (Å²) in [6, 6.07) is 13.7. The number of nitrogen functional groups attached to an aromatic ring is 1. The number of phenolic OH excluding ortho intramolecular Hbond substituents is 1. The summed E-state index contributed by atoms with van der Waals surface area (Å²) in [6.45, 7) is 5.55. The van der Waals surface area contributed by atoms with Crippen molar-refractivity contribution in [1.82, 2.24) is 9.97 Å². The number of ether oxygens (including phenoxy) is 1. The normalized spacial score (nSPS) is 13.6. The molecule has 1 aromatic heterocycles. The third-order valence-electron chi connectivity index (χ3n) is 4.74. The number of aromatic nitrogens is 2. The fourth-order valence-electron chi connectivity index (χ4n) is 3.48. The highest BCUT2D eigenvalue weighted by atomic mass is 16.5. The summed E-state index contributed by atoms with van der Waals surface area (Å²) < 4.78 is 5.85. The van der Waals surface area contributed by atoms with Crippen LogP contribution in [-0.2, 0) is 6.54 Å². The molecule has 138 valence electrons.